The van der Waals surface area contributed by atoms with Gasteiger partial charge in [0.25, 0.3) is 0 Å². The number of carboxylic acid groups (broad SMARTS) is 1. The van der Waals surface area contributed by atoms with Crippen molar-refractivity contribution >= 4 is 17.7 Å². The van der Waals surface area contributed by atoms with E-state index in [1.165, 1.54) is 0 Å². The van der Waals surface area contributed by atoms with Crippen LogP contribution in [0.15, 0.2) is 23.4 Å². The molecule has 0 saturated carbocycles. The summed E-state index contributed by atoms with van der Waals surface area (Å²) in [6.07, 6.45) is 3.89. The number of carboxylic acids is 1. The van der Waals surface area contributed by atoms with Gasteiger partial charge in [0.1, 0.15) is 0 Å². The molecule has 0 atom stereocenters. The van der Waals surface area contributed by atoms with Crippen molar-refractivity contribution in [2.75, 3.05) is 5.75 Å². The van der Waals surface area contributed by atoms with Gasteiger partial charge < -0.3 is 10.1 Å². The lowest BCUT2D eigenvalue weighted by molar-refractivity contribution is -0.136. The summed E-state index contributed by atoms with van der Waals surface area (Å²) in [5, 5.41) is 8.32. The Hall–Kier alpha value is -0.900. The molecule has 1 aromatic rings. The topological polar surface area (TPSA) is 53.1 Å². The summed E-state index contributed by atoms with van der Waals surface area (Å²) in [6.45, 7) is 0. The molecule has 11 heavy (non-hydrogen) atoms. The van der Waals surface area contributed by atoms with Gasteiger partial charge in [0, 0.05) is 23.0 Å². The maximum absolute atomic E-state index is 10.1. The van der Waals surface area contributed by atoms with Gasteiger partial charge >= 0.3 is 5.97 Å². The molecule has 0 fully saturated rings. The molecule has 1 rings (SSSR count). The Labute approximate surface area is 68.8 Å². The molecular weight excluding hydrogens is 162 g/mol. The third kappa shape index (κ3) is 3.13. The minimum Gasteiger partial charge on any atom is -0.481 e. The SMILES string of the molecule is O=C(O)CCSc1cc[nH]c1. The Morgan fingerprint density at radius 2 is 2.55 bits per heavy atom. The van der Waals surface area contributed by atoms with Crippen LogP contribution in [0.2, 0.25) is 0 Å². The quantitative estimate of drug-likeness (QED) is 0.676. The maximum atomic E-state index is 10.1. The molecule has 0 radical (unpaired) electrons. The van der Waals surface area contributed by atoms with Crippen molar-refractivity contribution in [3.63, 3.8) is 0 Å². The van der Waals surface area contributed by atoms with Crippen molar-refractivity contribution in [1.82, 2.24) is 4.98 Å². The molecule has 0 unspecified atom stereocenters. The lowest BCUT2D eigenvalue weighted by Crippen LogP contribution is -1.95. The van der Waals surface area contributed by atoms with E-state index in [1.54, 1.807) is 11.8 Å². The third-order valence-electron chi connectivity index (χ3n) is 1.15. The van der Waals surface area contributed by atoms with Crippen LogP contribution in [-0.4, -0.2) is 21.8 Å². The third-order valence-corrected chi connectivity index (χ3v) is 2.15. The molecule has 0 aromatic carbocycles. The Morgan fingerprint density at radius 1 is 1.73 bits per heavy atom. The number of nitrogens with one attached hydrogen (secondary N) is 1. The minimum atomic E-state index is -0.743. The zero-order valence-corrected chi connectivity index (χ0v) is 6.73. The summed E-state index contributed by atoms with van der Waals surface area (Å²) in [7, 11) is 0. The Morgan fingerprint density at radius 3 is 3.09 bits per heavy atom. The van der Waals surface area contributed by atoms with E-state index in [-0.39, 0.29) is 6.42 Å². The van der Waals surface area contributed by atoms with E-state index in [0.29, 0.717) is 5.75 Å². The maximum Gasteiger partial charge on any atom is 0.304 e. The van der Waals surface area contributed by atoms with Crippen LogP contribution in [0.1, 0.15) is 6.42 Å². The monoisotopic (exact) mass is 171 g/mol. The lowest BCUT2D eigenvalue weighted by Gasteiger charge is -1.92. The molecule has 4 heteroatoms. The first-order valence-corrected chi connectivity index (χ1v) is 4.25. The van der Waals surface area contributed by atoms with Crippen LogP contribution < -0.4 is 0 Å². The Kier molecular flexibility index (Phi) is 3.04. The van der Waals surface area contributed by atoms with E-state index in [1.807, 2.05) is 18.5 Å². The normalized spacial score (nSPS) is 9.82. The number of hydrogen-bond donors (Lipinski definition) is 2. The number of aromatic amines is 1. The second-order valence-corrected chi connectivity index (χ2v) is 3.21. The van der Waals surface area contributed by atoms with Crippen molar-refractivity contribution in [2.45, 2.75) is 11.3 Å². The average Bonchev–Trinajstić information content (AvgIpc) is 2.39. The molecule has 0 spiro atoms. The van der Waals surface area contributed by atoms with E-state index < -0.39 is 5.97 Å². The summed E-state index contributed by atoms with van der Waals surface area (Å²) in [4.78, 5) is 14.1. The second-order valence-electron chi connectivity index (χ2n) is 2.04. The number of aliphatic carboxylic acids is 1. The van der Waals surface area contributed by atoms with E-state index in [9.17, 15) is 4.79 Å². The van der Waals surface area contributed by atoms with Gasteiger partial charge in [-0.25, -0.2) is 0 Å². The summed E-state index contributed by atoms with van der Waals surface area (Å²) < 4.78 is 0. The molecule has 3 nitrogen and oxygen atoms in total. The highest BCUT2D eigenvalue weighted by atomic mass is 32.2. The zero-order valence-electron chi connectivity index (χ0n) is 5.91. The average molecular weight is 171 g/mol. The van der Waals surface area contributed by atoms with Crippen molar-refractivity contribution < 1.29 is 9.90 Å². The second kappa shape index (κ2) is 4.08. The highest BCUT2D eigenvalue weighted by molar-refractivity contribution is 7.99. The molecule has 0 saturated heterocycles. The van der Waals surface area contributed by atoms with Crippen LogP contribution in [0, 0.1) is 0 Å². The minimum absolute atomic E-state index is 0.218. The van der Waals surface area contributed by atoms with Gasteiger partial charge in [-0.3, -0.25) is 4.79 Å². The van der Waals surface area contributed by atoms with Crippen LogP contribution in [-0.2, 0) is 4.79 Å². The highest BCUT2D eigenvalue weighted by Gasteiger charge is 1.97. The molecule has 0 bridgehead atoms. The molecule has 0 aliphatic rings. The summed E-state index contributed by atoms with van der Waals surface area (Å²) in [6, 6.07) is 1.92. The fourth-order valence-corrected chi connectivity index (χ4v) is 1.48. The molecule has 0 aliphatic heterocycles. The van der Waals surface area contributed by atoms with Crippen LogP contribution >= 0.6 is 11.8 Å². The summed E-state index contributed by atoms with van der Waals surface area (Å²) in [5.41, 5.74) is 0. The predicted molar refractivity (Wildman–Crippen MR) is 43.8 cm³/mol. The summed E-state index contributed by atoms with van der Waals surface area (Å²) in [5.74, 6) is -0.110. The molecule has 1 aromatic heterocycles. The first kappa shape index (κ1) is 8.20. The van der Waals surface area contributed by atoms with Crippen molar-refractivity contribution in [3.05, 3.63) is 18.5 Å². The lowest BCUT2D eigenvalue weighted by atomic mass is 10.5. The zero-order chi connectivity index (χ0) is 8.10. The summed E-state index contributed by atoms with van der Waals surface area (Å²) >= 11 is 1.54. The first-order chi connectivity index (χ1) is 5.29. The van der Waals surface area contributed by atoms with Gasteiger partial charge in [-0.05, 0) is 6.07 Å². The number of carbonyl (C=O) groups is 1. The number of H-pyrrole nitrogens is 1. The van der Waals surface area contributed by atoms with Crippen molar-refractivity contribution in [3.8, 4) is 0 Å². The van der Waals surface area contributed by atoms with Crippen LogP contribution in [0.25, 0.3) is 0 Å². The smallest absolute Gasteiger partial charge is 0.304 e. The molecule has 1 heterocycles. The number of rotatable bonds is 4. The molecule has 2 N–H and O–H groups in total. The van der Waals surface area contributed by atoms with E-state index >= 15 is 0 Å². The van der Waals surface area contributed by atoms with Crippen LogP contribution in [0.3, 0.4) is 0 Å². The van der Waals surface area contributed by atoms with Gasteiger partial charge in [0.05, 0.1) is 6.42 Å². The fourth-order valence-electron chi connectivity index (χ4n) is 0.655. The van der Waals surface area contributed by atoms with Crippen LogP contribution in [0.5, 0.6) is 0 Å². The predicted octanol–water partition coefficient (Wildman–Crippen LogP) is 1.58. The Bertz CT molecular complexity index is 220. The van der Waals surface area contributed by atoms with Gasteiger partial charge in [-0.2, -0.15) is 0 Å². The Balaban J connectivity index is 2.19. The van der Waals surface area contributed by atoms with Gasteiger partial charge in [-0.15, -0.1) is 11.8 Å². The van der Waals surface area contributed by atoms with Crippen molar-refractivity contribution in [2.24, 2.45) is 0 Å². The fraction of sp³-hybridized carbons (Fsp3) is 0.286. The van der Waals surface area contributed by atoms with Crippen LogP contribution in [0.4, 0.5) is 0 Å². The van der Waals surface area contributed by atoms with Gasteiger partial charge in [0.15, 0.2) is 0 Å². The highest BCUT2D eigenvalue weighted by Crippen LogP contribution is 2.16. The van der Waals surface area contributed by atoms with E-state index in [2.05, 4.69) is 4.98 Å². The van der Waals surface area contributed by atoms with Gasteiger partial charge in [-0.1, -0.05) is 0 Å². The van der Waals surface area contributed by atoms with E-state index in [0.717, 1.165) is 4.90 Å². The largest absolute Gasteiger partial charge is 0.481 e. The number of aromatic nitrogens is 1. The molecule has 60 valence electrons. The van der Waals surface area contributed by atoms with E-state index in [4.69, 9.17) is 5.11 Å². The molecule has 0 amide bonds. The standard InChI is InChI=1S/C7H9NO2S/c9-7(10)2-4-11-6-1-3-8-5-6/h1,3,5,8H,2,4H2,(H,9,10). The van der Waals surface area contributed by atoms with Crippen molar-refractivity contribution in [1.29, 1.82) is 0 Å². The molecule has 0 aliphatic carbocycles. The first-order valence-electron chi connectivity index (χ1n) is 3.26. The molecular formula is C7H9NO2S. The van der Waals surface area contributed by atoms with Gasteiger partial charge in [0.2, 0.25) is 0 Å². The number of hydrogen-bond acceptors (Lipinski definition) is 2. The number of thioether (sulfide) groups is 1.